The predicted octanol–water partition coefficient (Wildman–Crippen LogP) is 2.18. The number of hydrogen-bond donors (Lipinski definition) is 1. The summed E-state index contributed by atoms with van der Waals surface area (Å²) in [5, 5.41) is 1.11. The molecule has 0 aromatic carbocycles. The molecule has 0 unspecified atom stereocenters. The standard InChI is InChI=1S/C12H12N4/c1-3-4-10-15-9-7-14-12-8(5-6-13-12)11(9)16(10)2/h3,5-7H,1,4H2,2H3,(H,13,14). The fraction of sp³-hybridized carbons (Fsp3) is 0.167. The van der Waals surface area contributed by atoms with Crippen molar-refractivity contribution in [3.05, 3.63) is 36.9 Å². The molecular formula is C12H12N4. The van der Waals surface area contributed by atoms with Gasteiger partial charge in [-0.2, -0.15) is 0 Å². The number of imidazole rings is 1. The first-order valence-corrected chi connectivity index (χ1v) is 5.19. The van der Waals surface area contributed by atoms with Gasteiger partial charge < -0.3 is 9.55 Å². The second-order valence-corrected chi connectivity index (χ2v) is 3.81. The van der Waals surface area contributed by atoms with Crippen LogP contribution in [0, 0.1) is 0 Å². The fourth-order valence-electron chi connectivity index (χ4n) is 2.07. The second kappa shape index (κ2) is 3.20. The lowest BCUT2D eigenvalue weighted by Gasteiger charge is -1.99. The molecule has 0 aliphatic heterocycles. The maximum absolute atomic E-state index is 4.55. The number of aromatic amines is 1. The van der Waals surface area contributed by atoms with Crippen molar-refractivity contribution in [1.82, 2.24) is 19.5 Å². The molecule has 0 saturated carbocycles. The maximum atomic E-state index is 4.55. The topological polar surface area (TPSA) is 46.5 Å². The van der Waals surface area contributed by atoms with Gasteiger partial charge in [0.15, 0.2) is 0 Å². The van der Waals surface area contributed by atoms with Crippen LogP contribution in [0.1, 0.15) is 5.82 Å². The molecule has 80 valence electrons. The van der Waals surface area contributed by atoms with E-state index in [9.17, 15) is 0 Å². The molecule has 3 aromatic heterocycles. The molecule has 0 fully saturated rings. The van der Waals surface area contributed by atoms with Gasteiger partial charge in [0.05, 0.1) is 11.7 Å². The number of aromatic nitrogens is 4. The van der Waals surface area contributed by atoms with Gasteiger partial charge >= 0.3 is 0 Å². The Morgan fingerprint density at radius 3 is 3.25 bits per heavy atom. The number of nitrogens with zero attached hydrogens (tertiary/aromatic N) is 3. The number of nitrogens with one attached hydrogen (secondary N) is 1. The van der Waals surface area contributed by atoms with Gasteiger partial charge in [-0.3, -0.25) is 0 Å². The van der Waals surface area contributed by atoms with Crippen LogP contribution in [0.25, 0.3) is 22.1 Å². The van der Waals surface area contributed by atoms with Crippen molar-refractivity contribution in [2.45, 2.75) is 6.42 Å². The molecule has 3 heterocycles. The van der Waals surface area contributed by atoms with Crippen LogP contribution in [0.5, 0.6) is 0 Å². The number of pyridine rings is 1. The van der Waals surface area contributed by atoms with Crippen molar-refractivity contribution in [3.8, 4) is 0 Å². The van der Waals surface area contributed by atoms with Gasteiger partial charge in [-0.05, 0) is 6.07 Å². The minimum atomic E-state index is 0.775. The van der Waals surface area contributed by atoms with Crippen molar-refractivity contribution in [1.29, 1.82) is 0 Å². The smallest absolute Gasteiger partial charge is 0.139 e. The van der Waals surface area contributed by atoms with Gasteiger partial charge in [-0.15, -0.1) is 6.58 Å². The molecule has 0 aliphatic rings. The Morgan fingerprint density at radius 2 is 2.44 bits per heavy atom. The van der Waals surface area contributed by atoms with E-state index in [1.54, 1.807) is 6.20 Å². The normalized spacial score (nSPS) is 11.3. The van der Waals surface area contributed by atoms with Crippen molar-refractivity contribution >= 4 is 22.1 Å². The summed E-state index contributed by atoms with van der Waals surface area (Å²) in [6, 6.07) is 2.03. The quantitative estimate of drug-likeness (QED) is 0.662. The molecular weight excluding hydrogens is 200 g/mol. The van der Waals surface area contributed by atoms with Crippen LogP contribution in [0.4, 0.5) is 0 Å². The van der Waals surface area contributed by atoms with Gasteiger partial charge in [-0.1, -0.05) is 6.08 Å². The molecule has 3 aromatic rings. The number of H-pyrrole nitrogens is 1. The number of aryl methyl sites for hydroxylation is 1. The first kappa shape index (κ1) is 9.15. The van der Waals surface area contributed by atoms with Crippen molar-refractivity contribution < 1.29 is 0 Å². The highest BCUT2D eigenvalue weighted by molar-refractivity contribution is 6.01. The van der Waals surface area contributed by atoms with Crippen LogP contribution in [0.2, 0.25) is 0 Å². The van der Waals surface area contributed by atoms with Crippen LogP contribution >= 0.6 is 0 Å². The van der Waals surface area contributed by atoms with Gasteiger partial charge in [0.1, 0.15) is 17.0 Å². The van der Waals surface area contributed by atoms with Gasteiger partial charge in [-0.25, -0.2) is 9.97 Å². The van der Waals surface area contributed by atoms with E-state index in [2.05, 4.69) is 26.1 Å². The van der Waals surface area contributed by atoms with Crippen molar-refractivity contribution in [2.24, 2.45) is 7.05 Å². The minimum absolute atomic E-state index is 0.775. The van der Waals surface area contributed by atoms with Crippen molar-refractivity contribution in [2.75, 3.05) is 0 Å². The summed E-state index contributed by atoms with van der Waals surface area (Å²) < 4.78 is 2.11. The van der Waals surface area contributed by atoms with E-state index in [-0.39, 0.29) is 0 Å². The first-order chi connectivity index (χ1) is 7.81. The Bertz CT molecular complexity index is 675. The van der Waals surface area contributed by atoms with E-state index in [4.69, 9.17) is 0 Å². The van der Waals surface area contributed by atoms with Crippen LogP contribution in [0.3, 0.4) is 0 Å². The molecule has 0 amide bonds. The molecule has 0 saturated heterocycles. The SMILES string of the molecule is C=CCc1nc2cnc3[nH]ccc3c2n1C. The summed E-state index contributed by atoms with van der Waals surface area (Å²) in [4.78, 5) is 12.0. The van der Waals surface area contributed by atoms with E-state index in [1.165, 1.54) is 0 Å². The van der Waals surface area contributed by atoms with Crippen LogP contribution in [-0.2, 0) is 13.5 Å². The van der Waals surface area contributed by atoms with E-state index in [0.29, 0.717) is 0 Å². The fourth-order valence-corrected chi connectivity index (χ4v) is 2.07. The minimum Gasteiger partial charge on any atom is -0.346 e. The Balaban J connectivity index is 2.44. The largest absolute Gasteiger partial charge is 0.346 e. The maximum Gasteiger partial charge on any atom is 0.139 e. The lowest BCUT2D eigenvalue weighted by molar-refractivity contribution is 0.856. The van der Waals surface area contributed by atoms with Crippen molar-refractivity contribution in [3.63, 3.8) is 0 Å². The van der Waals surface area contributed by atoms with E-state index < -0.39 is 0 Å². The number of fused-ring (bicyclic) bond motifs is 3. The van der Waals surface area contributed by atoms with E-state index in [1.807, 2.05) is 25.4 Å². The highest BCUT2D eigenvalue weighted by Gasteiger charge is 2.10. The van der Waals surface area contributed by atoms with Gasteiger partial charge in [0.2, 0.25) is 0 Å². The molecule has 4 nitrogen and oxygen atoms in total. The molecule has 3 rings (SSSR count). The Morgan fingerprint density at radius 1 is 1.56 bits per heavy atom. The zero-order valence-electron chi connectivity index (χ0n) is 9.07. The highest BCUT2D eigenvalue weighted by Crippen LogP contribution is 2.23. The molecule has 1 N–H and O–H groups in total. The molecule has 4 heteroatoms. The summed E-state index contributed by atoms with van der Waals surface area (Å²) in [6.45, 7) is 3.74. The zero-order valence-corrected chi connectivity index (χ0v) is 9.07. The van der Waals surface area contributed by atoms with E-state index in [0.717, 1.165) is 34.3 Å². The van der Waals surface area contributed by atoms with Crippen LogP contribution < -0.4 is 0 Å². The average molecular weight is 212 g/mol. The summed E-state index contributed by atoms with van der Waals surface area (Å²) in [7, 11) is 2.03. The summed E-state index contributed by atoms with van der Waals surface area (Å²) in [6.07, 6.45) is 6.35. The Kier molecular flexibility index (Phi) is 1.83. The third-order valence-electron chi connectivity index (χ3n) is 2.84. The van der Waals surface area contributed by atoms with Gasteiger partial charge in [0, 0.05) is 25.1 Å². The molecule has 0 aliphatic carbocycles. The monoisotopic (exact) mass is 212 g/mol. The molecule has 0 spiro atoms. The summed E-state index contributed by atoms with van der Waals surface area (Å²) in [5.41, 5.74) is 2.97. The third-order valence-corrected chi connectivity index (χ3v) is 2.84. The average Bonchev–Trinajstić information content (AvgIpc) is 2.84. The lowest BCUT2D eigenvalue weighted by atomic mass is 10.3. The number of allylic oxidation sites excluding steroid dienone is 1. The Labute approximate surface area is 92.6 Å². The highest BCUT2D eigenvalue weighted by atomic mass is 15.1. The molecule has 0 bridgehead atoms. The molecule has 16 heavy (non-hydrogen) atoms. The van der Waals surface area contributed by atoms with Gasteiger partial charge in [0.25, 0.3) is 0 Å². The van der Waals surface area contributed by atoms with Crippen LogP contribution in [-0.4, -0.2) is 19.5 Å². The number of hydrogen-bond acceptors (Lipinski definition) is 2. The number of rotatable bonds is 2. The third kappa shape index (κ3) is 1.10. The second-order valence-electron chi connectivity index (χ2n) is 3.81. The van der Waals surface area contributed by atoms with Crippen LogP contribution in [0.15, 0.2) is 31.1 Å². The zero-order chi connectivity index (χ0) is 11.1. The first-order valence-electron chi connectivity index (χ1n) is 5.19. The summed E-state index contributed by atoms with van der Waals surface area (Å²) >= 11 is 0. The molecule has 0 radical (unpaired) electrons. The Hall–Kier alpha value is -2.10. The lowest BCUT2D eigenvalue weighted by Crippen LogP contribution is -1.95. The van der Waals surface area contributed by atoms with E-state index >= 15 is 0 Å². The molecule has 0 atom stereocenters. The summed E-state index contributed by atoms with van der Waals surface area (Å²) in [5.74, 6) is 1.01. The predicted molar refractivity (Wildman–Crippen MR) is 64.3 cm³/mol.